The van der Waals surface area contributed by atoms with Crippen LogP contribution in [0.1, 0.15) is 52.2 Å². The number of aryl methyl sites for hydroxylation is 1. The van der Waals surface area contributed by atoms with Crippen molar-refractivity contribution in [1.29, 1.82) is 0 Å². The quantitative estimate of drug-likeness (QED) is 0.425. The molecule has 1 fully saturated rings. The van der Waals surface area contributed by atoms with Crippen LogP contribution in [0.15, 0.2) is 4.47 Å². The second-order valence-electron chi connectivity index (χ2n) is 5.69. The zero-order valence-electron chi connectivity index (χ0n) is 10.7. The van der Waals surface area contributed by atoms with Crippen molar-refractivity contribution in [2.45, 2.75) is 48.7 Å². The van der Waals surface area contributed by atoms with Gasteiger partial charge in [-0.3, -0.25) is 4.79 Å². The number of carbonyl (C=O) groups excluding carboxylic acids is 1. The Balaban J connectivity index is 2.15. The van der Waals surface area contributed by atoms with E-state index in [2.05, 4.69) is 54.7 Å². The minimum absolute atomic E-state index is 0.0477. The van der Waals surface area contributed by atoms with Crippen molar-refractivity contribution in [3.8, 4) is 0 Å². The molecule has 0 unspecified atom stereocenters. The van der Waals surface area contributed by atoms with Crippen molar-refractivity contribution in [2.24, 2.45) is 5.41 Å². The smallest absolute Gasteiger partial charge is 0.193 e. The average Bonchev–Trinajstić information content (AvgIpc) is 2.64. The predicted octanol–water partition coefficient (Wildman–Crippen LogP) is 5.99. The molecular weight excluding hydrogens is 456 g/mol. The van der Waals surface area contributed by atoms with Crippen LogP contribution < -0.4 is 0 Å². The third-order valence-electron chi connectivity index (χ3n) is 4.57. The van der Waals surface area contributed by atoms with Gasteiger partial charge in [0.25, 0.3) is 0 Å². The van der Waals surface area contributed by atoms with Gasteiger partial charge in [-0.05, 0) is 42.1 Å². The van der Waals surface area contributed by atoms with E-state index in [1.54, 1.807) is 11.3 Å². The summed E-state index contributed by atoms with van der Waals surface area (Å²) in [5, 5.41) is 0. The second kappa shape index (κ2) is 4.92. The maximum atomic E-state index is 12.9. The lowest BCUT2D eigenvalue weighted by Gasteiger charge is -2.48. The molecule has 1 aromatic heterocycles. The topological polar surface area (TPSA) is 17.1 Å². The highest BCUT2D eigenvalue weighted by atomic mass is 79.9. The third-order valence-corrected chi connectivity index (χ3v) is 9.33. The van der Waals surface area contributed by atoms with Gasteiger partial charge in [0, 0.05) is 25.2 Å². The van der Waals surface area contributed by atoms with Gasteiger partial charge in [0.15, 0.2) is 5.78 Å². The van der Waals surface area contributed by atoms with E-state index in [1.165, 1.54) is 29.0 Å². The van der Waals surface area contributed by atoms with E-state index in [0.717, 1.165) is 29.3 Å². The van der Waals surface area contributed by atoms with Gasteiger partial charge in [0.2, 0.25) is 0 Å². The van der Waals surface area contributed by atoms with Crippen molar-refractivity contribution in [3.05, 3.63) is 19.8 Å². The van der Waals surface area contributed by atoms with E-state index < -0.39 is 3.23 Å². The van der Waals surface area contributed by atoms with Crippen LogP contribution in [0, 0.1) is 12.3 Å². The molecule has 19 heavy (non-hydrogen) atoms. The molecule has 3 rings (SSSR count). The van der Waals surface area contributed by atoms with Crippen molar-refractivity contribution in [2.75, 3.05) is 0 Å². The highest BCUT2D eigenvalue weighted by Crippen LogP contribution is 2.60. The largest absolute Gasteiger partial charge is 0.291 e. The molecule has 0 amide bonds. The van der Waals surface area contributed by atoms with Crippen LogP contribution >= 0.6 is 59.1 Å². The van der Waals surface area contributed by atoms with E-state index >= 15 is 0 Å². The molecule has 0 atom stereocenters. The van der Waals surface area contributed by atoms with Gasteiger partial charge in [0.1, 0.15) is 3.23 Å². The molecule has 0 radical (unpaired) electrons. The Hall–Kier alpha value is 0.810. The minimum atomic E-state index is -0.587. The number of thiophene rings is 1. The van der Waals surface area contributed by atoms with Gasteiger partial charge in [-0.25, -0.2) is 0 Å². The average molecular weight is 471 g/mol. The van der Waals surface area contributed by atoms with E-state index in [4.69, 9.17) is 0 Å². The van der Waals surface area contributed by atoms with E-state index in [-0.39, 0.29) is 11.2 Å². The Labute approximate surface area is 142 Å². The van der Waals surface area contributed by atoms with E-state index in [1.807, 2.05) is 0 Å². The molecule has 1 saturated carbocycles. The SMILES string of the molecule is Cc1sc2c(c1Br)C(=O)C(Br)(Br)C1(CCCCC1)C2. The molecule has 0 bridgehead atoms. The number of Topliss-reactive ketones (excluding diaryl/α,β-unsaturated/α-hetero) is 1. The maximum Gasteiger partial charge on any atom is 0.193 e. The molecule has 1 spiro atoms. The molecule has 0 aromatic carbocycles. The van der Waals surface area contributed by atoms with Crippen molar-refractivity contribution in [3.63, 3.8) is 0 Å². The highest BCUT2D eigenvalue weighted by molar-refractivity contribution is 9.26. The highest BCUT2D eigenvalue weighted by Gasteiger charge is 2.57. The second-order valence-corrected chi connectivity index (χ2v) is 11.2. The van der Waals surface area contributed by atoms with Crippen LogP contribution in [-0.2, 0) is 6.42 Å². The Bertz CT molecular complexity index is 541. The molecule has 1 aromatic rings. The summed E-state index contributed by atoms with van der Waals surface area (Å²) < 4.78 is 0.405. The number of halogens is 3. The first kappa shape index (κ1) is 14.7. The summed E-state index contributed by atoms with van der Waals surface area (Å²) in [7, 11) is 0. The predicted molar refractivity (Wildman–Crippen MR) is 90.9 cm³/mol. The number of hydrogen-bond donors (Lipinski definition) is 0. The zero-order chi connectivity index (χ0) is 13.8. The molecule has 0 aliphatic heterocycles. The minimum Gasteiger partial charge on any atom is -0.291 e. The number of rotatable bonds is 0. The molecule has 104 valence electrons. The van der Waals surface area contributed by atoms with Crippen LogP contribution in [0.25, 0.3) is 0 Å². The standard InChI is InChI=1S/C14H15Br3OS/c1-8-11(15)10-9(19-8)7-13(5-3-2-4-6-13)14(16,17)12(10)18/h2-7H2,1H3. The summed E-state index contributed by atoms with van der Waals surface area (Å²) >= 11 is 12.8. The molecule has 2 aliphatic carbocycles. The summed E-state index contributed by atoms with van der Waals surface area (Å²) in [5.41, 5.74) is 0.943. The molecule has 2 aliphatic rings. The van der Waals surface area contributed by atoms with Gasteiger partial charge in [-0.15, -0.1) is 11.3 Å². The lowest BCUT2D eigenvalue weighted by atomic mass is 9.65. The number of hydrogen-bond acceptors (Lipinski definition) is 2. The van der Waals surface area contributed by atoms with Gasteiger partial charge in [0.05, 0.1) is 0 Å². The Morgan fingerprint density at radius 3 is 2.42 bits per heavy atom. The maximum absolute atomic E-state index is 12.9. The lowest BCUT2D eigenvalue weighted by Crippen LogP contribution is -2.50. The fourth-order valence-corrected chi connectivity index (χ4v) is 6.94. The van der Waals surface area contributed by atoms with E-state index in [0.29, 0.717) is 0 Å². The fraction of sp³-hybridized carbons (Fsp3) is 0.643. The summed E-state index contributed by atoms with van der Waals surface area (Å²) in [4.78, 5) is 15.4. The molecule has 5 heteroatoms. The van der Waals surface area contributed by atoms with Gasteiger partial charge >= 0.3 is 0 Å². The number of fused-ring (bicyclic) bond motifs is 1. The summed E-state index contributed by atoms with van der Waals surface area (Å²) in [6.07, 6.45) is 7.03. The Morgan fingerprint density at radius 1 is 1.16 bits per heavy atom. The van der Waals surface area contributed by atoms with Crippen LogP contribution in [0.2, 0.25) is 0 Å². The number of carbonyl (C=O) groups is 1. The van der Waals surface area contributed by atoms with Gasteiger partial charge in [-0.1, -0.05) is 51.1 Å². The van der Waals surface area contributed by atoms with Crippen molar-refractivity contribution < 1.29 is 4.79 Å². The first-order valence-electron chi connectivity index (χ1n) is 6.59. The van der Waals surface area contributed by atoms with Crippen LogP contribution in [0.3, 0.4) is 0 Å². The number of alkyl halides is 2. The first-order chi connectivity index (χ1) is 8.89. The third kappa shape index (κ3) is 2.06. The summed E-state index contributed by atoms with van der Waals surface area (Å²) in [5.74, 6) is 0.201. The fourth-order valence-electron chi connectivity index (χ4n) is 3.47. The van der Waals surface area contributed by atoms with Crippen LogP contribution in [0.4, 0.5) is 0 Å². The van der Waals surface area contributed by atoms with E-state index in [9.17, 15) is 4.79 Å². The van der Waals surface area contributed by atoms with Crippen LogP contribution in [-0.4, -0.2) is 9.02 Å². The molecule has 0 N–H and O–H groups in total. The lowest BCUT2D eigenvalue weighted by molar-refractivity contribution is 0.0825. The molecular formula is C14H15Br3OS. The molecule has 1 nitrogen and oxygen atoms in total. The normalized spacial score (nSPS) is 24.5. The summed E-state index contributed by atoms with van der Waals surface area (Å²) in [6.45, 7) is 2.08. The summed E-state index contributed by atoms with van der Waals surface area (Å²) in [6, 6.07) is 0. The van der Waals surface area contributed by atoms with Gasteiger partial charge < -0.3 is 0 Å². The van der Waals surface area contributed by atoms with Crippen LogP contribution in [0.5, 0.6) is 0 Å². The molecule has 1 heterocycles. The van der Waals surface area contributed by atoms with Crippen molar-refractivity contribution >= 4 is 64.9 Å². The zero-order valence-corrected chi connectivity index (χ0v) is 16.3. The van der Waals surface area contributed by atoms with Crippen molar-refractivity contribution in [1.82, 2.24) is 0 Å². The molecule has 0 saturated heterocycles. The monoisotopic (exact) mass is 468 g/mol. The Kier molecular flexibility index (Phi) is 3.82. The first-order valence-corrected chi connectivity index (χ1v) is 9.79. The number of ketones is 1. The van der Waals surface area contributed by atoms with Gasteiger partial charge in [-0.2, -0.15) is 0 Å². The Morgan fingerprint density at radius 2 is 1.79 bits per heavy atom.